The molecule has 0 aromatic heterocycles. The summed E-state index contributed by atoms with van der Waals surface area (Å²) < 4.78 is 0. The minimum absolute atomic E-state index is 0. The number of benzene rings is 2. The molecule has 0 aliphatic heterocycles. The number of para-hydroxylation sites is 2. The fourth-order valence-corrected chi connectivity index (χ4v) is 1.38. The first-order chi connectivity index (χ1) is 6.79. The van der Waals surface area contributed by atoms with Crippen LogP contribution >= 0.6 is 0 Å². The van der Waals surface area contributed by atoms with Crippen molar-refractivity contribution in [2.75, 3.05) is 0 Å². The molecule has 2 aromatic rings. The van der Waals surface area contributed by atoms with E-state index in [0.717, 1.165) is 0 Å². The molecule has 16 heavy (non-hydrogen) atoms. The molecule has 0 bridgehead atoms. The van der Waals surface area contributed by atoms with Crippen molar-refractivity contribution in [2.45, 2.75) is 0 Å². The second-order valence-corrected chi connectivity index (χ2v) is 2.99. The van der Waals surface area contributed by atoms with Crippen molar-refractivity contribution < 1.29 is 45.8 Å². The van der Waals surface area contributed by atoms with Crippen LogP contribution < -0.4 is 22.6 Å². The van der Waals surface area contributed by atoms with Crippen LogP contribution in [0.5, 0.6) is 11.5 Å². The molecule has 0 saturated carbocycles. The third-order valence-corrected chi connectivity index (χ3v) is 2.06. The molecule has 0 fully saturated rings. The standard InChI is InChI=1S/C12H10O2.ClH.Ti.H2/c13-11-7-3-1-5-9(11)10-6-2-4-8-12(10)14;;;/h1-8,13-14H;1H;;1H/q;;+4;/p-3. The van der Waals surface area contributed by atoms with E-state index in [1.807, 2.05) is 0 Å². The number of hydrogen-bond donors (Lipinski definition) is 0. The maximum atomic E-state index is 11.4. The summed E-state index contributed by atoms with van der Waals surface area (Å²) in [6.45, 7) is 0. The van der Waals surface area contributed by atoms with Gasteiger partial charge >= 0.3 is 21.7 Å². The van der Waals surface area contributed by atoms with Gasteiger partial charge in [0.15, 0.2) is 0 Å². The molecule has 0 saturated heterocycles. The van der Waals surface area contributed by atoms with Crippen LogP contribution in [0.15, 0.2) is 48.5 Å². The number of rotatable bonds is 1. The van der Waals surface area contributed by atoms with Crippen molar-refractivity contribution in [3.8, 4) is 22.6 Å². The Kier molecular flexibility index (Phi) is 6.20. The smallest absolute Gasteiger partial charge is 1.00 e. The largest absolute Gasteiger partial charge is 4.00 e. The molecule has 0 heterocycles. The van der Waals surface area contributed by atoms with Crippen molar-refractivity contribution in [2.24, 2.45) is 0 Å². The second kappa shape index (κ2) is 6.59. The molecule has 2 nitrogen and oxygen atoms in total. The minimum atomic E-state index is -0.115. The summed E-state index contributed by atoms with van der Waals surface area (Å²) in [4.78, 5) is 0. The second-order valence-electron chi connectivity index (χ2n) is 2.99. The van der Waals surface area contributed by atoms with Gasteiger partial charge in [-0.1, -0.05) is 48.5 Å². The van der Waals surface area contributed by atoms with Crippen molar-refractivity contribution in [3.63, 3.8) is 0 Å². The molecular weight excluding hydrogens is 259 g/mol. The maximum Gasteiger partial charge on any atom is 4.00 e. The third kappa shape index (κ3) is 3.02. The average Bonchev–Trinajstić information content (AvgIpc) is 2.20. The monoisotopic (exact) mass is 269 g/mol. The van der Waals surface area contributed by atoms with Crippen LogP contribution in [-0.4, -0.2) is 0 Å². The Morgan fingerprint density at radius 3 is 1.31 bits per heavy atom. The first-order valence-electron chi connectivity index (χ1n) is 4.31. The Morgan fingerprint density at radius 1 is 0.688 bits per heavy atom. The van der Waals surface area contributed by atoms with E-state index in [-0.39, 0.29) is 47.1 Å². The van der Waals surface area contributed by atoms with Gasteiger partial charge in [0.25, 0.3) is 0 Å². The molecule has 0 N–H and O–H groups in total. The Labute approximate surface area is 117 Å². The molecule has 2 rings (SSSR count). The van der Waals surface area contributed by atoms with Crippen LogP contribution in [0.2, 0.25) is 0 Å². The van der Waals surface area contributed by atoms with E-state index in [9.17, 15) is 10.2 Å². The van der Waals surface area contributed by atoms with Gasteiger partial charge in [-0.3, -0.25) is 0 Å². The summed E-state index contributed by atoms with van der Waals surface area (Å²) in [6, 6.07) is 13.1. The van der Waals surface area contributed by atoms with Crippen LogP contribution in [0.25, 0.3) is 11.1 Å². The van der Waals surface area contributed by atoms with Crippen molar-refractivity contribution in [3.05, 3.63) is 48.5 Å². The number of halogens is 1. The van der Waals surface area contributed by atoms with Crippen LogP contribution in [0.1, 0.15) is 1.43 Å². The molecule has 4 heteroatoms. The minimum Gasteiger partial charge on any atom is -1.00 e. The van der Waals surface area contributed by atoms with Gasteiger partial charge in [-0.05, 0) is 11.1 Å². The zero-order valence-corrected chi connectivity index (χ0v) is 10.6. The van der Waals surface area contributed by atoms with Gasteiger partial charge in [-0.25, -0.2) is 0 Å². The van der Waals surface area contributed by atoms with E-state index >= 15 is 0 Å². The van der Waals surface area contributed by atoms with Crippen molar-refractivity contribution >= 4 is 0 Å². The third-order valence-electron chi connectivity index (χ3n) is 2.06. The van der Waals surface area contributed by atoms with Gasteiger partial charge in [-0.2, -0.15) is 0 Å². The first kappa shape index (κ1) is 15.0. The molecule has 0 spiro atoms. The summed E-state index contributed by atoms with van der Waals surface area (Å²) in [6.07, 6.45) is 0. The predicted octanol–water partition coefficient (Wildman–Crippen LogP) is -1.25. The fourth-order valence-electron chi connectivity index (χ4n) is 1.38. The van der Waals surface area contributed by atoms with Gasteiger partial charge in [0.1, 0.15) is 0 Å². The Hall–Kier alpha value is -0.956. The topological polar surface area (TPSA) is 46.1 Å². The average molecular weight is 270 g/mol. The zero-order valence-electron chi connectivity index (χ0n) is 8.31. The Bertz CT molecular complexity index is 422. The molecule has 0 amide bonds. The molecule has 2 aromatic carbocycles. The van der Waals surface area contributed by atoms with Crippen LogP contribution in [0.3, 0.4) is 0 Å². The van der Waals surface area contributed by atoms with E-state index < -0.39 is 0 Å². The van der Waals surface area contributed by atoms with Gasteiger partial charge in [0.05, 0.1) is 0 Å². The predicted molar refractivity (Wildman–Crippen MR) is 52.9 cm³/mol. The molecule has 0 aliphatic carbocycles. The van der Waals surface area contributed by atoms with Crippen LogP contribution in [0, 0.1) is 0 Å². The SMILES string of the molecule is [Cl-].[HH].[O-]c1ccccc1-c1ccccc1[O-].[Ti+4]. The van der Waals surface area contributed by atoms with E-state index in [1.165, 1.54) is 12.1 Å². The molecule has 0 atom stereocenters. The fraction of sp³-hybridized carbons (Fsp3) is 0. The molecule has 80 valence electrons. The van der Waals surface area contributed by atoms with Crippen molar-refractivity contribution in [1.29, 1.82) is 0 Å². The molecule has 0 aliphatic rings. The zero-order chi connectivity index (χ0) is 9.97. The molecule has 0 radical (unpaired) electrons. The van der Waals surface area contributed by atoms with Gasteiger partial charge in [0, 0.05) is 1.43 Å². The van der Waals surface area contributed by atoms with E-state index in [4.69, 9.17) is 0 Å². The molecule has 0 unspecified atom stereocenters. The summed E-state index contributed by atoms with van der Waals surface area (Å²) in [7, 11) is 0. The van der Waals surface area contributed by atoms with Gasteiger partial charge in [0.2, 0.25) is 0 Å². The summed E-state index contributed by atoms with van der Waals surface area (Å²) >= 11 is 0. The number of hydrogen-bond acceptors (Lipinski definition) is 2. The van der Waals surface area contributed by atoms with Crippen LogP contribution in [-0.2, 0) is 21.7 Å². The summed E-state index contributed by atoms with van der Waals surface area (Å²) in [5, 5.41) is 22.9. The van der Waals surface area contributed by atoms with E-state index in [2.05, 4.69) is 0 Å². The van der Waals surface area contributed by atoms with Crippen molar-refractivity contribution in [1.82, 2.24) is 0 Å². The van der Waals surface area contributed by atoms with Gasteiger partial charge in [-0.15, -0.1) is 11.5 Å². The van der Waals surface area contributed by atoms with Gasteiger partial charge < -0.3 is 22.6 Å². The summed E-state index contributed by atoms with van der Waals surface area (Å²) in [5.74, 6) is -0.230. The normalized spacial score (nSPS) is 8.75. The summed E-state index contributed by atoms with van der Waals surface area (Å²) in [5.41, 5.74) is 0.941. The van der Waals surface area contributed by atoms with E-state index in [1.54, 1.807) is 36.4 Å². The quantitative estimate of drug-likeness (QED) is 0.607. The Morgan fingerprint density at radius 2 is 1.00 bits per heavy atom. The van der Waals surface area contributed by atoms with Crippen LogP contribution in [0.4, 0.5) is 0 Å². The van der Waals surface area contributed by atoms with E-state index in [0.29, 0.717) is 11.1 Å². The maximum absolute atomic E-state index is 11.4. The first-order valence-corrected chi connectivity index (χ1v) is 4.31. The molecular formula is C12H10ClO2Ti+. The Balaban J connectivity index is 0.